The lowest BCUT2D eigenvalue weighted by Crippen LogP contribution is -2.10. The molecule has 6 bridgehead atoms. The Morgan fingerprint density at radius 2 is 1.35 bits per heavy atom. The van der Waals surface area contributed by atoms with Crippen molar-refractivity contribution in [1.82, 2.24) is 0 Å². The summed E-state index contributed by atoms with van der Waals surface area (Å²) < 4.78 is 6.53. The van der Waals surface area contributed by atoms with Crippen LogP contribution in [0.3, 0.4) is 0 Å². The number of allylic oxidation sites excluding steroid dienone is 10. The minimum absolute atomic E-state index is 0.264. The van der Waals surface area contributed by atoms with Crippen LogP contribution in [0.4, 0.5) is 17.1 Å². The van der Waals surface area contributed by atoms with Gasteiger partial charge in [0.15, 0.2) is 5.58 Å². The van der Waals surface area contributed by atoms with Gasteiger partial charge in [0, 0.05) is 28.1 Å². The predicted octanol–water partition coefficient (Wildman–Crippen LogP) is 13.3. The third-order valence-electron chi connectivity index (χ3n) is 11.2. The maximum absolute atomic E-state index is 6.53. The summed E-state index contributed by atoms with van der Waals surface area (Å²) in [5.41, 5.74) is 20.0. The fraction of sp³-hybridized carbons (Fsp3) is 0.0612. The van der Waals surface area contributed by atoms with Gasteiger partial charge < -0.3 is 9.32 Å². The molecule has 1 heterocycles. The van der Waals surface area contributed by atoms with Crippen LogP contribution in [-0.2, 0) is 0 Å². The molecule has 4 aliphatic rings. The summed E-state index contributed by atoms with van der Waals surface area (Å²) in [5.74, 6) is 0.264. The van der Waals surface area contributed by atoms with Crippen LogP contribution in [0, 0.1) is 5.92 Å². The van der Waals surface area contributed by atoms with Gasteiger partial charge in [-0.3, -0.25) is 0 Å². The minimum atomic E-state index is 0.264. The fourth-order valence-corrected chi connectivity index (χ4v) is 9.00. The number of benzene rings is 6. The molecule has 1 aromatic heterocycles. The van der Waals surface area contributed by atoms with Crippen molar-refractivity contribution in [2.75, 3.05) is 4.90 Å². The summed E-state index contributed by atoms with van der Waals surface area (Å²) in [6.07, 6.45) is 13.9. The lowest BCUT2D eigenvalue weighted by atomic mass is 9.79. The Bertz CT molecular complexity index is 2730. The van der Waals surface area contributed by atoms with E-state index in [0.29, 0.717) is 0 Å². The number of fused-ring (bicyclic) bond motifs is 7. The average molecular weight is 652 g/mol. The first-order chi connectivity index (χ1) is 25.3. The number of para-hydroxylation sites is 3. The highest BCUT2D eigenvalue weighted by Crippen LogP contribution is 2.57. The van der Waals surface area contributed by atoms with Gasteiger partial charge in [0.1, 0.15) is 5.58 Å². The highest BCUT2D eigenvalue weighted by Gasteiger charge is 2.37. The Morgan fingerprint density at radius 1 is 0.588 bits per heavy atom. The second-order valence-corrected chi connectivity index (χ2v) is 13.9. The Hall–Kier alpha value is -6.38. The predicted molar refractivity (Wildman–Crippen MR) is 213 cm³/mol. The quantitative estimate of drug-likeness (QED) is 0.188. The number of anilines is 3. The van der Waals surface area contributed by atoms with E-state index in [2.05, 4.69) is 163 Å². The first kappa shape index (κ1) is 28.5. The Morgan fingerprint density at radius 3 is 2.25 bits per heavy atom. The Balaban J connectivity index is 1.06. The standard InChI is InChI=1S/C49H33NO/c1-2-12-33(13-3-1)50(45-22-11-21-43-37-15-8-9-23-46(37)51-49(43)45)34-27-24-31(25-28-34)32-26-29-36-40-19-10-20-42-41-18-7-6-17-39(48(41)44(36)30-32)35-14-4-5-16-38(35)47(40)42/h1-9,11-19,21-30,41H,10,20H2. The fourth-order valence-electron chi connectivity index (χ4n) is 9.00. The van der Waals surface area contributed by atoms with E-state index in [1.165, 1.54) is 55.7 Å². The van der Waals surface area contributed by atoms with E-state index in [4.69, 9.17) is 4.42 Å². The number of nitrogens with zero attached hydrogens (tertiary/aromatic N) is 1. The van der Waals surface area contributed by atoms with E-state index in [0.717, 1.165) is 51.8 Å². The van der Waals surface area contributed by atoms with Crippen LogP contribution in [0.1, 0.15) is 35.1 Å². The van der Waals surface area contributed by atoms with Gasteiger partial charge in [-0.15, -0.1) is 0 Å². The van der Waals surface area contributed by atoms with E-state index >= 15 is 0 Å². The molecule has 1 unspecified atom stereocenters. The van der Waals surface area contributed by atoms with E-state index in [1.807, 2.05) is 12.1 Å². The van der Waals surface area contributed by atoms with E-state index in [1.54, 1.807) is 5.57 Å². The van der Waals surface area contributed by atoms with Crippen molar-refractivity contribution in [2.24, 2.45) is 5.92 Å². The monoisotopic (exact) mass is 651 g/mol. The highest BCUT2D eigenvalue weighted by molar-refractivity contribution is 6.19. The zero-order valence-corrected chi connectivity index (χ0v) is 28.0. The first-order valence-corrected chi connectivity index (χ1v) is 17.9. The molecule has 0 saturated carbocycles. The van der Waals surface area contributed by atoms with Crippen molar-refractivity contribution in [3.63, 3.8) is 0 Å². The molecule has 0 amide bonds. The molecule has 4 aliphatic carbocycles. The van der Waals surface area contributed by atoms with E-state index in [9.17, 15) is 0 Å². The zero-order chi connectivity index (χ0) is 33.5. The van der Waals surface area contributed by atoms with Crippen LogP contribution >= 0.6 is 0 Å². The average Bonchev–Trinajstić information content (AvgIpc) is 3.34. The van der Waals surface area contributed by atoms with Gasteiger partial charge in [-0.25, -0.2) is 0 Å². The molecule has 2 heteroatoms. The molecular formula is C49H33NO. The number of furan rings is 1. The maximum Gasteiger partial charge on any atom is 0.159 e. The molecule has 6 aromatic carbocycles. The second-order valence-electron chi connectivity index (χ2n) is 13.9. The van der Waals surface area contributed by atoms with Crippen molar-refractivity contribution >= 4 is 61.3 Å². The molecular weight excluding hydrogens is 619 g/mol. The van der Waals surface area contributed by atoms with Gasteiger partial charge in [-0.1, -0.05) is 133 Å². The van der Waals surface area contributed by atoms with Gasteiger partial charge in [-0.2, -0.15) is 0 Å². The van der Waals surface area contributed by atoms with E-state index in [-0.39, 0.29) is 5.92 Å². The van der Waals surface area contributed by atoms with Crippen molar-refractivity contribution in [2.45, 2.75) is 12.8 Å². The maximum atomic E-state index is 6.53. The zero-order valence-electron chi connectivity index (χ0n) is 28.0. The summed E-state index contributed by atoms with van der Waals surface area (Å²) in [7, 11) is 0. The number of rotatable bonds is 4. The number of hydrogen-bond acceptors (Lipinski definition) is 2. The third-order valence-corrected chi connectivity index (χ3v) is 11.2. The second kappa shape index (κ2) is 11.1. The molecule has 240 valence electrons. The van der Waals surface area contributed by atoms with Crippen molar-refractivity contribution in [1.29, 1.82) is 0 Å². The summed E-state index contributed by atoms with van der Waals surface area (Å²) >= 11 is 0. The summed E-state index contributed by atoms with van der Waals surface area (Å²) in [6.45, 7) is 0. The topological polar surface area (TPSA) is 16.4 Å². The van der Waals surface area contributed by atoms with Gasteiger partial charge in [-0.05, 0) is 111 Å². The third kappa shape index (κ3) is 4.23. The molecule has 51 heavy (non-hydrogen) atoms. The highest BCUT2D eigenvalue weighted by atomic mass is 16.3. The normalized spacial score (nSPS) is 16.9. The molecule has 0 fully saturated rings. The van der Waals surface area contributed by atoms with Crippen LogP contribution in [-0.4, -0.2) is 0 Å². The summed E-state index contributed by atoms with van der Waals surface area (Å²) in [5, 5.41) is 2.25. The molecule has 0 radical (unpaired) electrons. The lowest BCUT2D eigenvalue weighted by molar-refractivity contribution is 0.669. The largest absolute Gasteiger partial charge is 0.454 e. The lowest BCUT2D eigenvalue weighted by Gasteiger charge is -2.26. The van der Waals surface area contributed by atoms with Crippen LogP contribution in [0.2, 0.25) is 0 Å². The number of hydrogen-bond donors (Lipinski definition) is 0. The Kier molecular flexibility index (Phi) is 6.17. The molecule has 11 rings (SSSR count). The van der Waals surface area contributed by atoms with Gasteiger partial charge in [0.05, 0.1) is 5.69 Å². The van der Waals surface area contributed by atoms with Crippen LogP contribution in [0.5, 0.6) is 0 Å². The van der Waals surface area contributed by atoms with Crippen molar-refractivity contribution in [3.05, 3.63) is 198 Å². The van der Waals surface area contributed by atoms with Gasteiger partial charge in [0.25, 0.3) is 0 Å². The Labute approximate surface area is 297 Å². The van der Waals surface area contributed by atoms with Crippen LogP contribution in [0.25, 0.3) is 55.4 Å². The first-order valence-electron chi connectivity index (χ1n) is 17.9. The van der Waals surface area contributed by atoms with Crippen molar-refractivity contribution in [3.8, 4) is 11.1 Å². The summed E-state index contributed by atoms with van der Waals surface area (Å²) in [4.78, 5) is 2.31. The van der Waals surface area contributed by atoms with Crippen LogP contribution in [0.15, 0.2) is 180 Å². The van der Waals surface area contributed by atoms with Gasteiger partial charge >= 0.3 is 0 Å². The minimum Gasteiger partial charge on any atom is -0.454 e. The molecule has 2 nitrogen and oxygen atoms in total. The smallest absolute Gasteiger partial charge is 0.159 e. The van der Waals surface area contributed by atoms with E-state index < -0.39 is 0 Å². The molecule has 0 spiro atoms. The van der Waals surface area contributed by atoms with Crippen molar-refractivity contribution < 1.29 is 4.42 Å². The molecule has 1 atom stereocenters. The molecule has 0 saturated heterocycles. The van der Waals surface area contributed by atoms with Gasteiger partial charge in [0.2, 0.25) is 0 Å². The molecule has 0 N–H and O–H groups in total. The SMILES string of the molecule is C1=CC2=C3c4cc(-c5ccc(N(c6ccccc6)c6cccc7c6oc6ccccc67)cc5)ccc4C4=CCCC(=C4c4ccccc42)C3C=C1. The van der Waals surface area contributed by atoms with Crippen LogP contribution < -0.4 is 4.90 Å². The molecule has 7 aromatic rings. The molecule has 0 aliphatic heterocycles. The summed E-state index contributed by atoms with van der Waals surface area (Å²) in [6, 6.07) is 50.5.